The first-order valence-corrected chi connectivity index (χ1v) is 20.7. The van der Waals surface area contributed by atoms with Crippen molar-refractivity contribution in [1.29, 1.82) is 0 Å². The number of allylic oxidation sites excluding steroid dienone is 9. The Morgan fingerprint density at radius 3 is 2.15 bits per heavy atom. The third-order valence-corrected chi connectivity index (χ3v) is 14.3. The van der Waals surface area contributed by atoms with E-state index in [0.29, 0.717) is 5.92 Å². The van der Waals surface area contributed by atoms with E-state index in [9.17, 15) is 0 Å². The first kappa shape index (κ1) is 30.6. The normalized spacial score (nSPS) is 16.5. The van der Waals surface area contributed by atoms with Crippen LogP contribution in [0.5, 0.6) is 0 Å². The van der Waals surface area contributed by atoms with Gasteiger partial charge in [-0.15, -0.1) is 22.7 Å². The molecule has 9 aromatic rings. The van der Waals surface area contributed by atoms with E-state index in [4.69, 9.17) is 0 Å². The number of hydrogen-bond donors (Lipinski definition) is 0. The molecule has 3 aliphatic rings. The van der Waals surface area contributed by atoms with Crippen LogP contribution in [0.15, 0.2) is 163 Å². The number of thiophene rings is 2. The Kier molecular flexibility index (Phi) is 6.72. The standard InChI is InChI=1S/C52H34S2/c1-2-11-32-26-37(21-20-31(32)10-1)51-41-17-5-3-15-39(41)50(40-16-4-6-18-42(40)51)36-13-9-12-33(27-36)34-22-24-47-45(28-34)52-43-30-49-44(29-35(43)23-25-48(52)53-47)38-14-7-8-19-46(38)54-49/h1-6,8-13,15-25,27-30,32H,7,14,26H2. The third-order valence-electron chi connectivity index (χ3n) is 12.0. The van der Waals surface area contributed by atoms with Crippen molar-refractivity contribution in [1.82, 2.24) is 0 Å². The van der Waals surface area contributed by atoms with Gasteiger partial charge in [0.25, 0.3) is 0 Å². The highest BCUT2D eigenvalue weighted by Gasteiger charge is 2.23. The molecule has 0 N–H and O–H groups in total. The predicted octanol–water partition coefficient (Wildman–Crippen LogP) is 15.5. The molecule has 0 radical (unpaired) electrons. The SMILES string of the molecule is C1=CC2=CC=C(c3c4ccccc4c(-c4cccc(-c5ccc6sc7ccc8cc9c%10c(sc9cc8c7c6c5)C=CCC%10)c4)c4ccccc34)CC2C=C1. The fourth-order valence-electron chi connectivity index (χ4n) is 9.54. The van der Waals surface area contributed by atoms with Crippen LogP contribution in [-0.2, 0) is 6.42 Å². The molecule has 0 nitrogen and oxygen atoms in total. The molecule has 0 saturated heterocycles. The Bertz CT molecular complexity index is 3180. The second-order valence-electron chi connectivity index (χ2n) is 15.0. The van der Waals surface area contributed by atoms with Gasteiger partial charge in [0.1, 0.15) is 0 Å². The summed E-state index contributed by atoms with van der Waals surface area (Å²) in [6, 6.07) is 44.1. The first-order valence-electron chi connectivity index (χ1n) is 19.1. The van der Waals surface area contributed by atoms with Crippen LogP contribution < -0.4 is 0 Å². The maximum atomic E-state index is 2.48. The Balaban J connectivity index is 1.03. The summed E-state index contributed by atoms with van der Waals surface area (Å²) < 4.78 is 4.11. The molecular formula is C52H34S2. The molecule has 1 atom stereocenters. The maximum Gasteiger partial charge on any atom is 0.0361 e. The maximum absolute atomic E-state index is 2.48. The summed E-state index contributed by atoms with van der Waals surface area (Å²) in [5, 5.41) is 12.2. The van der Waals surface area contributed by atoms with Crippen molar-refractivity contribution in [3.05, 3.63) is 179 Å². The van der Waals surface area contributed by atoms with Crippen LogP contribution in [-0.4, -0.2) is 0 Å². The molecule has 7 aromatic carbocycles. The van der Waals surface area contributed by atoms with Gasteiger partial charge in [0.2, 0.25) is 0 Å². The lowest BCUT2D eigenvalue weighted by Crippen LogP contribution is -2.07. The van der Waals surface area contributed by atoms with E-state index in [1.165, 1.54) is 112 Å². The first-order chi connectivity index (χ1) is 26.7. The molecule has 0 saturated carbocycles. The van der Waals surface area contributed by atoms with Crippen LogP contribution in [0.2, 0.25) is 0 Å². The van der Waals surface area contributed by atoms with Gasteiger partial charge in [-0.25, -0.2) is 0 Å². The Morgan fingerprint density at radius 2 is 1.30 bits per heavy atom. The van der Waals surface area contributed by atoms with E-state index in [2.05, 4.69) is 164 Å². The van der Waals surface area contributed by atoms with E-state index < -0.39 is 0 Å². The van der Waals surface area contributed by atoms with Crippen LogP contribution in [0.4, 0.5) is 0 Å². The quantitative estimate of drug-likeness (QED) is 0.159. The van der Waals surface area contributed by atoms with E-state index in [1.807, 2.05) is 22.7 Å². The van der Waals surface area contributed by atoms with Crippen molar-refractivity contribution in [2.75, 3.05) is 0 Å². The highest BCUT2D eigenvalue weighted by atomic mass is 32.1. The average molecular weight is 723 g/mol. The zero-order valence-corrected chi connectivity index (χ0v) is 31.2. The van der Waals surface area contributed by atoms with Gasteiger partial charge >= 0.3 is 0 Å². The third kappa shape index (κ3) is 4.60. The molecule has 12 rings (SSSR count). The van der Waals surface area contributed by atoms with Crippen LogP contribution in [0.25, 0.3) is 96.5 Å². The Morgan fingerprint density at radius 1 is 0.519 bits per heavy atom. The highest BCUT2D eigenvalue weighted by molar-refractivity contribution is 7.26. The van der Waals surface area contributed by atoms with Crippen molar-refractivity contribution >= 4 is 96.9 Å². The molecule has 2 heterocycles. The van der Waals surface area contributed by atoms with Crippen LogP contribution >= 0.6 is 22.7 Å². The van der Waals surface area contributed by atoms with Gasteiger partial charge in [-0.1, -0.05) is 121 Å². The van der Waals surface area contributed by atoms with Gasteiger partial charge < -0.3 is 0 Å². The summed E-state index contributed by atoms with van der Waals surface area (Å²) in [6.45, 7) is 0. The molecule has 2 heteroatoms. The summed E-state index contributed by atoms with van der Waals surface area (Å²) in [4.78, 5) is 1.44. The molecule has 3 aliphatic carbocycles. The largest absolute Gasteiger partial charge is 0.136 e. The number of fused-ring (bicyclic) bond motifs is 11. The minimum absolute atomic E-state index is 0.430. The average Bonchev–Trinajstić information content (AvgIpc) is 3.79. The molecule has 2 aromatic heterocycles. The van der Waals surface area contributed by atoms with E-state index in [0.717, 1.165) is 19.3 Å². The summed E-state index contributed by atoms with van der Waals surface area (Å²) in [5.41, 5.74) is 10.8. The fraction of sp³-hybridized carbons (Fsp3) is 0.0769. The smallest absolute Gasteiger partial charge is 0.0361 e. The van der Waals surface area contributed by atoms with Crippen molar-refractivity contribution in [2.45, 2.75) is 19.3 Å². The van der Waals surface area contributed by atoms with Gasteiger partial charge in [0.05, 0.1) is 0 Å². The van der Waals surface area contributed by atoms with E-state index >= 15 is 0 Å². The fourth-order valence-corrected chi connectivity index (χ4v) is 11.9. The summed E-state index contributed by atoms with van der Waals surface area (Å²) in [7, 11) is 0. The molecule has 54 heavy (non-hydrogen) atoms. The van der Waals surface area contributed by atoms with Crippen LogP contribution in [0, 0.1) is 5.92 Å². The van der Waals surface area contributed by atoms with Gasteiger partial charge in [0.15, 0.2) is 0 Å². The van der Waals surface area contributed by atoms with Gasteiger partial charge in [-0.3, -0.25) is 0 Å². The zero-order chi connectivity index (χ0) is 35.3. The monoisotopic (exact) mass is 722 g/mol. The van der Waals surface area contributed by atoms with E-state index in [1.54, 1.807) is 0 Å². The molecule has 0 fully saturated rings. The topological polar surface area (TPSA) is 0 Å². The molecule has 0 bridgehead atoms. The molecule has 0 spiro atoms. The van der Waals surface area contributed by atoms with Crippen molar-refractivity contribution in [3.63, 3.8) is 0 Å². The Labute approximate surface area is 322 Å². The number of hydrogen-bond acceptors (Lipinski definition) is 2. The van der Waals surface area contributed by atoms with Crippen molar-refractivity contribution < 1.29 is 0 Å². The number of rotatable bonds is 3. The predicted molar refractivity (Wildman–Crippen MR) is 238 cm³/mol. The number of benzene rings is 7. The van der Waals surface area contributed by atoms with Gasteiger partial charge in [0, 0.05) is 35.7 Å². The van der Waals surface area contributed by atoms with Gasteiger partial charge in [-0.2, -0.15) is 0 Å². The second kappa shape index (κ2) is 11.9. The lowest BCUT2D eigenvalue weighted by molar-refractivity contribution is 0.794. The summed E-state index contributed by atoms with van der Waals surface area (Å²) in [6.07, 6.45) is 21.6. The lowest BCUT2D eigenvalue weighted by Gasteiger charge is -2.25. The van der Waals surface area contributed by atoms with Crippen LogP contribution in [0.3, 0.4) is 0 Å². The lowest BCUT2D eigenvalue weighted by atomic mass is 9.78. The molecule has 1 unspecified atom stereocenters. The molecule has 0 amide bonds. The minimum Gasteiger partial charge on any atom is -0.136 e. The summed E-state index contributed by atoms with van der Waals surface area (Å²) >= 11 is 3.86. The van der Waals surface area contributed by atoms with E-state index in [-0.39, 0.29) is 0 Å². The second-order valence-corrected chi connectivity index (χ2v) is 17.2. The molecule has 254 valence electrons. The molecular weight excluding hydrogens is 689 g/mol. The zero-order valence-electron chi connectivity index (χ0n) is 29.6. The minimum atomic E-state index is 0.430. The van der Waals surface area contributed by atoms with Gasteiger partial charge in [-0.05, 0) is 144 Å². The van der Waals surface area contributed by atoms with Crippen molar-refractivity contribution in [2.24, 2.45) is 5.92 Å². The van der Waals surface area contributed by atoms with Crippen molar-refractivity contribution in [3.8, 4) is 22.3 Å². The highest BCUT2D eigenvalue weighted by Crippen LogP contribution is 2.47. The summed E-state index contributed by atoms with van der Waals surface area (Å²) in [5.74, 6) is 0.430. The van der Waals surface area contributed by atoms with Crippen LogP contribution in [0.1, 0.15) is 28.8 Å². The molecule has 0 aliphatic heterocycles. The Hall–Kier alpha value is -5.80. The number of aryl methyl sites for hydroxylation is 1.